The highest BCUT2D eigenvalue weighted by molar-refractivity contribution is 7.22. The molecule has 1 amide bonds. The summed E-state index contributed by atoms with van der Waals surface area (Å²) in [6.07, 6.45) is 1.31. The quantitative estimate of drug-likeness (QED) is 0.369. The molecular weight excluding hydrogens is 390 g/mol. The third-order valence-electron chi connectivity index (χ3n) is 3.58. The van der Waals surface area contributed by atoms with E-state index in [1.807, 2.05) is 24.3 Å². The van der Waals surface area contributed by atoms with Crippen molar-refractivity contribution < 1.29 is 9.72 Å². The molecule has 0 saturated carbocycles. The van der Waals surface area contributed by atoms with Crippen LogP contribution in [0, 0.1) is 10.1 Å². The Balaban J connectivity index is 1.60. The van der Waals surface area contributed by atoms with Crippen molar-refractivity contribution in [3.8, 4) is 0 Å². The van der Waals surface area contributed by atoms with Crippen molar-refractivity contribution in [2.45, 2.75) is 13.0 Å². The van der Waals surface area contributed by atoms with Crippen LogP contribution in [-0.4, -0.2) is 28.1 Å². The van der Waals surface area contributed by atoms with Crippen LogP contribution in [0.4, 0.5) is 10.8 Å². The van der Waals surface area contributed by atoms with Crippen molar-refractivity contribution in [1.82, 2.24) is 10.4 Å². The number of nitrogens with zero attached hydrogens (tertiary/aromatic N) is 3. The number of anilines is 1. The summed E-state index contributed by atoms with van der Waals surface area (Å²) in [7, 11) is 0. The SMILES string of the molecule is C[C@H](Nc1nc2ccccc2s1)C(=O)N/N=C\c1ccc(Cl)c([N+](=O)[O-])c1. The summed E-state index contributed by atoms with van der Waals surface area (Å²) >= 11 is 7.21. The molecule has 8 nitrogen and oxygen atoms in total. The van der Waals surface area contributed by atoms with Gasteiger partial charge in [0.15, 0.2) is 5.13 Å². The van der Waals surface area contributed by atoms with Crippen molar-refractivity contribution in [2.24, 2.45) is 5.10 Å². The topological polar surface area (TPSA) is 110 Å². The fourth-order valence-corrected chi connectivity index (χ4v) is 3.34. The third kappa shape index (κ3) is 4.57. The predicted octanol–water partition coefficient (Wildman–Crippen LogP) is 3.81. The number of nitro groups is 1. The normalized spacial score (nSPS) is 12.2. The molecule has 10 heteroatoms. The van der Waals surface area contributed by atoms with E-state index in [2.05, 4.69) is 20.8 Å². The van der Waals surface area contributed by atoms with Gasteiger partial charge >= 0.3 is 0 Å². The van der Waals surface area contributed by atoms with Crippen molar-refractivity contribution in [3.63, 3.8) is 0 Å². The number of nitro benzene ring substituents is 1. The minimum absolute atomic E-state index is 0.0369. The number of benzene rings is 2. The molecule has 27 heavy (non-hydrogen) atoms. The molecule has 3 aromatic rings. The summed E-state index contributed by atoms with van der Waals surface area (Å²) in [5, 5.41) is 18.4. The van der Waals surface area contributed by atoms with Gasteiger partial charge in [0.05, 0.1) is 21.4 Å². The maximum atomic E-state index is 12.1. The average Bonchev–Trinajstić information content (AvgIpc) is 3.04. The molecule has 2 N–H and O–H groups in total. The highest BCUT2D eigenvalue weighted by Crippen LogP contribution is 2.26. The lowest BCUT2D eigenvalue weighted by Crippen LogP contribution is -2.34. The summed E-state index contributed by atoms with van der Waals surface area (Å²) in [5.74, 6) is -0.367. The summed E-state index contributed by atoms with van der Waals surface area (Å²) in [6, 6.07) is 11.4. The Morgan fingerprint density at radius 1 is 1.37 bits per heavy atom. The molecule has 1 atom stereocenters. The van der Waals surface area contributed by atoms with Crippen LogP contribution in [0.5, 0.6) is 0 Å². The highest BCUT2D eigenvalue weighted by atomic mass is 35.5. The van der Waals surface area contributed by atoms with E-state index in [9.17, 15) is 14.9 Å². The van der Waals surface area contributed by atoms with Gasteiger partial charge in [-0.1, -0.05) is 41.1 Å². The lowest BCUT2D eigenvalue weighted by atomic mass is 10.2. The lowest BCUT2D eigenvalue weighted by molar-refractivity contribution is -0.384. The van der Waals surface area contributed by atoms with Crippen molar-refractivity contribution >= 4 is 56.1 Å². The zero-order valence-electron chi connectivity index (χ0n) is 14.0. The Kier molecular flexibility index (Phi) is 5.63. The van der Waals surface area contributed by atoms with Crippen LogP contribution in [0.15, 0.2) is 47.6 Å². The average molecular weight is 404 g/mol. The number of fused-ring (bicyclic) bond motifs is 1. The number of rotatable bonds is 6. The number of para-hydroxylation sites is 1. The molecule has 0 spiro atoms. The monoisotopic (exact) mass is 403 g/mol. The molecule has 0 radical (unpaired) electrons. The van der Waals surface area contributed by atoms with Gasteiger partial charge in [-0.05, 0) is 25.1 Å². The second kappa shape index (κ2) is 8.11. The summed E-state index contributed by atoms with van der Waals surface area (Å²) in [6.45, 7) is 1.68. The van der Waals surface area contributed by atoms with E-state index in [4.69, 9.17) is 11.6 Å². The molecule has 1 aromatic heterocycles. The first-order chi connectivity index (χ1) is 12.9. The number of carbonyl (C=O) groups is 1. The molecule has 3 rings (SSSR count). The fraction of sp³-hybridized carbons (Fsp3) is 0.118. The minimum Gasteiger partial charge on any atom is -0.350 e. The summed E-state index contributed by atoms with van der Waals surface area (Å²) in [5.41, 5.74) is 3.47. The molecule has 0 unspecified atom stereocenters. The Morgan fingerprint density at radius 2 is 2.15 bits per heavy atom. The van der Waals surface area contributed by atoms with Crippen molar-refractivity contribution in [3.05, 3.63) is 63.2 Å². The second-order valence-corrected chi connectivity index (χ2v) is 6.99. The number of nitrogens with one attached hydrogen (secondary N) is 2. The number of amides is 1. The number of aromatic nitrogens is 1. The molecule has 0 aliphatic carbocycles. The van der Waals surface area contributed by atoms with E-state index in [-0.39, 0.29) is 16.6 Å². The number of hydrazone groups is 1. The summed E-state index contributed by atoms with van der Waals surface area (Å²) < 4.78 is 1.02. The van der Waals surface area contributed by atoms with Crippen LogP contribution in [0.2, 0.25) is 5.02 Å². The van der Waals surface area contributed by atoms with Gasteiger partial charge in [0.2, 0.25) is 0 Å². The first-order valence-corrected chi connectivity index (χ1v) is 9.02. The van der Waals surface area contributed by atoms with Gasteiger partial charge in [-0.2, -0.15) is 5.10 Å². The van der Waals surface area contributed by atoms with Crippen LogP contribution in [0.1, 0.15) is 12.5 Å². The van der Waals surface area contributed by atoms with Crippen molar-refractivity contribution in [2.75, 3.05) is 5.32 Å². The van der Waals surface area contributed by atoms with Gasteiger partial charge in [0, 0.05) is 11.6 Å². The number of hydrogen-bond acceptors (Lipinski definition) is 7. The molecule has 0 saturated heterocycles. The molecule has 138 valence electrons. The van der Waals surface area contributed by atoms with E-state index in [0.29, 0.717) is 10.7 Å². The molecule has 1 heterocycles. The molecule has 0 aliphatic rings. The Labute approximate surface area is 163 Å². The predicted molar refractivity (Wildman–Crippen MR) is 107 cm³/mol. The minimum atomic E-state index is -0.581. The third-order valence-corrected chi connectivity index (χ3v) is 4.87. The standard InChI is InChI=1S/C17H14ClN5O3S/c1-10(20-17-21-13-4-2-3-5-15(13)27-17)16(24)22-19-9-11-6-7-12(18)14(8-11)23(25)26/h2-10H,1H3,(H,20,21)(H,22,24)/b19-9-/t10-/m0/s1. The van der Waals surface area contributed by atoms with E-state index >= 15 is 0 Å². The number of hydrogen-bond donors (Lipinski definition) is 2. The van der Waals surface area contributed by atoms with Crippen LogP contribution >= 0.6 is 22.9 Å². The largest absolute Gasteiger partial charge is 0.350 e. The van der Waals surface area contributed by atoms with Gasteiger partial charge in [-0.3, -0.25) is 14.9 Å². The summed E-state index contributed by atoms with van der Waals surface area (Å²) in [4.78, 5) is 26.8. The van der Waals surface area contributed by atoms with Crippen molar-refractivity contribution in [1.29, 1.82) is 0 Å². The van der Waals surface area contributed by atoms with Crippen LogP contribution in [-0.2, 0) is 4.79 Å². The van der Waals surface area contributed by atoms with Crippen LogP contribution < -0.4 is 10.7 Å². The number of carbonyl (C=O) groups excluding carboxylic acids is 1. The van der Waals surface area contributed by atoms with E-state index in [1.165, 1.54) is 29.7 Å². The Hall–Kier alpha value is -3.04. The van der Waals surface area contributed by atoms with Crippen LogP contribution in [0.25, 0.3) is 10.2 Å². The van der Waals surface area contributed by atoms with E-state index in [0.717, 1.165) is 10.2 Å². The first-order valence-electron chi connectivity index (χ1n) is 7.83. The van der Waals surface area contributed by atoms with Gasteiger partial charge in [-0.25, -0.2) is 10.4 Å². The maximum absolute atomic E-state index is 12.1. The van der Waals surface area contributed by atoms with Crippen LogP contribution in [0.3, 0.4) is 0 Å². The number of thiazole rings is 1. The molecular formula is C17H14ClN5O3S. The number of halogens is 1. The lowest BCUT2D eigenvalue weighted by Gasteiger charge is -2.10. The zero-order valence-corrected chi connectivity index (χ0v) is 15.6. The molecule has 2 aromatic carbocycles. The molecule has 0 bridgehead atoms. The Bertz CT molecular complexity index is 1000. The van der Waals surface area contributed by atoms with Gasteiger partial charge in [0.1, 0.15) is 11.1 Å². The van der Waals surface area contributed by atoms with Gasteiger partial charge < -0.3 is 5.32 Å². The zero-order chi connectivity index (χ0) is 19.4. The van der Waals surface area contributed by atoms with E-state index in [1.54, 1.807) is 13.0 Å². The smallest absolute Gasteiger partial charge is 0.288 e. The Morgan fingerprint density at radius 3 is 2.89 bits per heavy atom. The molecule has 0 fully saturated rings. The second-order valence-electron chi connectivity index (χ2n) is 5.55. The highest BCUT2D eigenvalue weighted by Gasteiger charge is 2.15. The van der Waals surface area contributed by atoms with Gasteiger partial charge in [-0.15, -0.1) is 0 Å². The fourth-order valence-electron chi connectivity index (χ4n) is 2.20. The van der Waals surface area contributed by atoms with E-state index < -0.39 is 11.0 Å². The van der Waals surface area contributed by atoms with Gasteiger partial charge in [0.25, 0.3) is 11.6 Å². The maximum Gasteiger partial charge on any atom is 0.288 e. The molecule has 0 aliphatic heterocycles. The first kappa shape index (κ1) is 18.7.